The third-order valence-electron chi connectivity index (χ3n) is 3.21. The Hall–Kier alpha value is -1.39. The van der Waals surface area contributed by atoms with Gasteiger partial charge in [-0.25, -0.2) is 0 Å². The Kier molecular flexibility index (Phi) is 4.33. The summed E-state index contributed by atoms with van der Waals surface area (Å²) in [4.78, 5) is 14.0. The zero-order chi connectivity index (χ0) is 13.0. The lowest BCUT2D eigenvalue weighted by Crippen LogP contribution is -2.32. The van der Waals surface area contributed by atoms with Crippen molar-refractivity contribution >= 4 is 11.6 Å². The van der Waals surface area contributed by atoms with Gasteiger partial charge in [0.1, 0.15) is 0 Å². The highest BCUT2D eigenvalue weighted by molar-refractivity contribution is 5.94. The van der Waals surface area contributed by atoms with Crippen molar-refractivity contribution in [1.82, 2.24) is 4.90 Å². The molecule has 1 aromatic carbocycles. The number of hydrogen-bond acceptors (Lipinski definition) is 3. The zero-order valence-corrected chi connectivity index (χ0v) is 10.9. The van der Waals surface area contributed by atoms with Gasteiger partial charge in [0, 0.05) is 12.2 Å². The molecule has 0 bridgehead atoms. The van der Waals surface area contributed by atoms with Gasteiger partial charge in [-0.3, -0.25) is 9.69 Å². The second-order valence-corrected chi connectivity index (χ2v) is 4.96. The molecule has 4 nitrogen and oxygen atoms in total. The minimum absolute atomic E-state index is 0.145. The van der Waals surface area contributed by atoms with Crippen molar-refractivity contribution < 1.29 is 4.79 Å². The fourth-order valence-corrected chi connectivity index (χ4v) is 2.20. The molecule has 0 unspecified atom stereocenters. The van der Waals surface area contributed by atoms with Crippen LogP contribution in [0.2, 0.25) is 0 Å². The molecule has 0 spiro atoms. The quantitative estimate of drug-likeness (QED) is 0.849. The maximum absolute atomic E-state index is 11.5. The Morgan fingerprint density at radius 1 is 1.44 bits per heavy atom. The number of nitrogens with one attached hydrogen (secondary N) is 1. The number of anilines is 1. The average molecular weight is 247 g/mol. The highest BCUT2D eigenvalue weighted by atomic mass is 16.2. The normalized spacial score (nSPS) is 17.7. The van der Waals surface area contributed by atoms with Crippen LogP contribution in [0.25, 0.3) is 0 Å². The zero-order valence-electron chi connectivity index (χ0n) is 10.9. The van der Waals surface area contributed by atoms with Gasteiger partial charge in [0.05, 0.1) is 6.04 Å². The Labute approximate surface area is 108 Å². The Morgan fingerprint density at radius 3 is 2.83 bits per heavy atom. The van der Waals surface area contributed by atoms with E-state index in [-0.39, 0.29) is 5.91 Å². The summed E-state index contributed by atoms with van der Waals surface area (Å²) < 4.78 is 0. The van der Waals surface area contributed by atoms with Crippen LogP contribution in [0.3, 0.4) is 0 Å². The molecule has 0 saturated carbocycles. The highest BCUT2D eigenvalue weighted by Gasteiger charge is 2.12. The van der Waals surface area contributed by atoms with Gasteiger partial charge in [0.15, 0.2) is 0 Å². The van der Waals surface area contributed by atoms with Crippen LogP contribution >= 0.6 is 0 Å². The lowest BCUT2D eigenvalue weighted by molar-refractivity contribution is -0.117. The van der Waals surface area contributed by atoms with E-state index in [1.165, 1.54) is 31.5 Å². The SMILES string of the molecule is C[C@@H](N)C(=O)Nc1cccc(CN2CCCC2)c1. The molecule has 1 aliphatic rings. The summed E-state index contributed by atoms with van der Waals surface area (Å²) in [7, 11) is 0. The molecule has 1 aliphatic heterocycles. The molecular formula is C14H21N3O. The number of benzene rings is 1. The standard InChI is InChI=1S/C14H21N3O/c1-11(15)14(18)16-13-6-4-5-12(9-13)10-17-7-2-3-8-17/h4-6,9,11H,2-3,7-8,10,15H2,1H3,(H,16,18)/t11-/m1/s1. The maximum atomic E-state index is 11.5. The van der Waals surface area contributed by atoms with Crippen molar-refractivity contribution in [3.05, 3.63) is 29.8 Å². The number of rotatable bonds is 4. The second kappa shape index (κ2) is 5.98. The van der Waals surface area contributed by atoms with E-state index >= 15 is 0 Å². The van der Waals surface area contributed by atoms with Gasteiger partial charge in [-0.15, -0.1) is 0 Å². The van der Waals surface area contributed by atoms with Crippen molar-refractivity contribution in [2.75, 3.05) is 18.4 Å². The lowest BCUT2D eigenvalue weighted by Gasteiger charge is -2.15. The van der Waals surface area contributed by atoms with Crippen LogP contribution in [0.4, 0.5) is 5.69 Å². The maximum Gasteiger partial charge on any atom is 0.240 e. The van der Waals surface area contributed by atoms with Crippen molar-refractivity contribution in [3.8, 4) is 0 Å². The van der Waals surface area contributed by atoms with Gasteiger partial charge in [-0.2, -0.15) is 0 Å². The van der Waals surface area contributed by atoms with Crippen LogP contribution in [0, 0.1) is 0 Å². The van der Waals surface area contributed by atoms with Crippen molar-refractivity contribution in [1.29, 1.82) is 0 Å². The van der Waals surface area contributed by atoms with E-state index in [0.29, 0.717) is 0 Å². The first-order chi connectivity index (χ1) is 8.65. The Bertz CT molecular complexity index is 411. The molecule has 1 saturated heterocycles. The fourth-order valence-electron chi connectivity index (χ4n) is 2.20. The van der Waals surface area contributed by atoms with Gasteiger partial charge < -0.3 is 11.1 Å². The van der Waals surface area contributed by atoms with Crippen LogP contribution in [0.5, 0.6) is 0 Å². The van der Waals surface area contributed by atoms with E-state index in [0.717, 1.165) is 12.2 Å². The summed E-state index contributed by atoms with van der Waals surface area (Å²) in [6.45, 7) is 5.00. The molecule has 0 aromatic heterocycles. The van der Waals surface area contributed by atoms with E-state index in [1.807, 2.05) is 18.2 Å². The number of hydrogen-bond donors (Lipinski definition) is 2. The fraction of sp³-hybridized carbons (Fsp3) is 0.500. The monoisotopic (exact) mass is 247 g/mol. The molecule has 18 heavy (non-hydrogen) atoms. The molecule has 0 radical (unpaired) electrons. The van der Waals surface area contributed by atoms with E-state index < -0.39 is 6.04 Å². The number of carbonyl (C=O) groups excluding carboxylic acids is 1. The summed E-state index contributed by atoms with van der Waals surface area (Å²) in [6.07, 6.45) is 2.59. The minimum atomic E-state index is -0.479. The average Bonchev–Trinajstić information content (AvgIpc) is 2.82. The van der Waals surface area contributed by atoms with Crippen LogP contribution in [-0.4, -0.2) is 29.9 Å². The predicted molar refractivity (Wildman–Crippen MR) is 73.2 cm³/mol. The molecule has 1 amide bonds. The van der Waals surface area contributed by atoms with E-state index in [4.69, 9.17) is 5.73 Å². The van der Waals surface area contributed by atoms with Gasteiger partial charge in [0.25, 0.3) is 0 Å². The summed E-state index contributed by atoms with van der Waals surface area (Å²) in [6, 6.07) is 7.52. The molecular weight excluding hydrogens is 226 g/mol. The third kappa shape index (κ3) is 3.55. The van der Waals surface area contributed by atoms with Crippen LogP contribution in [0.1, 0.15) is 25.3 Å². The molecule has 4 heteroatoms. The largest absolute Gasteiger partial charge is 0.325 e. The van der Waals surface area contributed by atoms with Gasteiger partial charge >= 0.3 is 0 Å². The molecule has 98 valence electrons. The minimum Gasteiger partial charge on any atom is -0.325 e. The third-order valence-corrected chi connectivity index (χ3v) is 3.21. The lowest BCUT2D eigenvalue weighted by atomic mass is 10.2. The first kappa shape index (κ1) is 13.1. The van der Waals surface area contributed by atoms with E-state index in [1.54, 1.807) is 6.92 Å². The molecule has 1 atom stereocenters. The van der Waals surface area contributed by atoms with Gasteiger partial charge in [0.2, 0.25) is 5.91 Å². The summed E-state index contributed by atoms with van der Waals surface area (Å²) in [5.74, 6) is -0.145. The van der Waals surface area contributed by atoms with Gasteiger partial charge in [-0.05, 0) is 50.6 Å². The molecule has 1 aromatic rings. The number of nitrogens with two attached hydrogens (primary N) is 1. The molecule has 0 aliphatic carbocycles. The predicted octanol–water partition coefficient (Wildman–Crippen LogP) is 1.57. The first-order valence-corrected chi connectivity index (χ1v) is 6.53. The smallest absolute Gasteiger partial charge is 0.240 e. The highest BCUT2D eigenvalue weighted by Crippen LogP contribution is 2.16. The Balaban J connectivity index is 1.98. The summed E-state index contributed by atoms with van der Waals surface area (Å²) in [5.41, 5.74) is 7.60. The molecule has 3 N–H and O–H groups in total. The number of nitrogens with zero attached hydrogens (tertiary/aromatic N) is 1. The number of likely N-dealkylation sites (tertiary alicyclic amines) is 1. The van der Waals surface area contributed by atoms with Crippen LogP contribution in [0.15, 0.2) is 24.3 Å². The molecule has 1 fully saturated rings. The molecule has 1 heterocycles. The summed E-state index contributed by atoms with van der Waals surface area (Å²) >= 11 is 0. The van der Waals surface area contributed by atoms with Crippen molar-refractivity contribution in [2.24, 2.45) is 5.73 Å². The first-order valence-electron chi connectivity index (χ1n) is 6.53. The van der Waals surface area contributed by atoms with E-state index in [9.17, 15) is 4.79 Å². The second-order valence-electron chi connectivity index (χ2n) is 4.96. The number of amides is 1. The van der Waals surface area contributed by atoms with Gasteiger partial charge in [-0.1, -0.05) is 12.1 Å². The molecule has 2 rings (SSSR count). The van der Waals surface area contributed by atoms with E-state index in [2.05, 4.69) is 16.3 Å². The topological polar surface area (TPSA) is 58.4 Å². The van der Waals surface area contributed by atoms with Crippen LogP contribution < -0.4 is 11.1 Å². The van der Waals surface area contributed by atoms with Crippen LogP contribution in [-0.2, 0) is 11.3 Å². The summed E-state index contributed by atoms with van der Waals surface area (Å²) in [5, 5.41) is 2.82. The van der Waals surface area contributed by atoms with Crippen molar-refractivity contribution in [2.45, 2.75) is 32.4 Å². The Morgan fingerprint density at radius 2 is 2.17 bits per heavy atom. The van der Waals surface area contributed by atoms with Crippen molar-refractivity contribution in [3.63, 3.8) is 0 Å². The number of carbonyl (C=O) groups is 1.